The van der Waals surface area contributed by atoms with E-state index >= 15 is 0 Å². The van der Waals surface area contributed by atoms with Gasteiger partial charge >= 0.3 is 0 Å². The summed E-state index contributed by atoms with van der Waals surface area (Å²) in [4.78, 5) is 31.5. The van der Waals surface area contributed by atoms with Crippen LogP contribution in [0.15, 0.2) is 49.1 Å². The van der Waals surface area contributed by atoms with Crippen LogP contribution in [0.5, 0.6) is 0 Å². The molecule has 0 aliphatic carbocycles. The summed E-state index contributed by atoms with van der Waals surface area (Å²) in [5, 5.41) is 11.3. The maximum absolute atomic E-state index is 12.0. The summed E-state index contributed by atoms with van der Waals surface area (Å²) < 4.78 is 0. The van der Waals surface area contributed by atoms with E-state index in [2.05, 4.69) is 15.3 Å². The van der Waals surface area contributed by atoms with Gasteiger partial charge in [-0.05, 0) is 23.8 Å². The third kappa shape index (κ3) is 4.08. The van der Waals surface area contributed by atoms with Crippen molar-refractivity contribution in [3.63, 3.8) is 0 Å². The predicted octanol–water partition coefficient (Wildman–Crippen LogP) is 0.323. The smallest absolute Gasteiger partial charge is 0.266 e. The summed E-state index contributed by atoms with van der Waals surface area (Å²) in [6.07, 6.45) is 6.36. The monoisotopic (exact) mass is 286 g/mol. The first kappa shape index (κ1) is 14.6. The van der Waals surface area contributed by atoms with E-state index in [9.17, 15) is 9.59 Å². The minimum atomic E-state index is -0.910. The Bertz CT molecular complexity index is 604. The molecular formula is C14H14N4O3. The highest BCUT2D eigenvalue weighted by atomic mass is 16.5. The summed E-state index contributed by atoms with van der Waals surface area (Å²) in [5.74, 6) is -1.14. The summed E-state index contributed by atoms with van der Waals surface area (Å²) in [6, 6.07) is 5.80. The molecular weight excluding hydrogens is 272 g/mol. The first-order chi connectivity index (χ1) is 10.2. The molecule has 0 saturated heterocycles. The fraction of sp³-hybridized carbons (Fsp3) is 0.143. The lowest BCUT2D eigenvalue weighted by atomic mass is 10.1. The average molecular weight is 286 g/mol. The summed E-state index contributed by atoms with van der Waals surface area (Å²) in [6.45, 7) is 0. The number of nitrogens with zero attached hydrogens (tertiary/aromatic N) is 2. The van der Waals surface area contributed by atoms with Gasteiger partial charge in [0, 0.05) is 31.2 Å². The van der Waals surface area contributed by atoms with E-state index in [-0.39, 0.29) is 6.42 Å². The first-order valence-corrected chi connectivity index (χ1v) is 6.24. The van der Waals surface area contributed by atoms with E-state index < -0.39 is 17.9 Å². The Morgan fingerprint density at radius 3 is 2.43 bits per heavy atom. The molecule has 0 bridgehead atoms. The quantitative estimate of drug-likeness (QED) is 0.542. The summed E-state index contributed by atoms with van der Waals surface area (Å²) >= 11 is 0. The molecule has 2 aromatic rings. The highest BCUT2D eigenvalue weighted by Gasteiger charge is 2.21. The molecule has 7 nitrogen and oxygen atoms in total. The molecule has 2 amide bonds. The van der Waals surface area contributed by atoms with Crippen LogP contribution in [0.4, 0.5) is 0 Å². The van der Waals surface area contributed by atoms with Gasteiger partial charge < -0.3 is 5.32 Å². The second-order valence-electron chi connectivity index (χ2n) is 4.31. The number of hydrogen-bond acceptors (Lipinski definition) is 5. The van der Waals surface area contributed by atoms with E-state index in [4.69, 9.17) is 5.21 Å². The van der Waals surface area contributed by atoms with Gasteiger partial charge in [-0.3, -0.25) is 24.8 Å². The van der Waals surface area contributed by atoms with Crippen molar-refractivity contribution in [3.05, 3.63) is 60.2 Å². The zero-order valence-electron chi connectivity index (χ0n) is 11.1. The number of hydroxylamine groups is 1. The van der Waals surface area contributed by atoms with Crippen molar-refractivity contribution in [2.45, 2.75) is 12.5 Å². The van der Waals surface area contributed by atoms with Gasteiger partial charge in [0.1, 0.15) is 6.04 Å². The van der Waals surface area contributed by atoms with Crippen molar-refractivity contribution < 1.29 is 14.8 Å². The molecule has 0 aliphatic heterocycles. The Kier molecular flexibility index (Phi) is 4.94. The van der Waals surface area contributed by atoms with Crippen molar-refractivity contribution in [1.29, 1.82) is 0 Å². The third-order valence-corrected chi connectivity index (χ3v) is 2.82. The zero-order valence-corrected chi connectivity index (χ0v) is 11.1. The van der Waals surface area contributed by atoms with Crippen LogP contribution in [0.1, 0.15) is 15.9 Å². The van der Waals surface area contributed by atoms with Crippen molar-refractivity contribution >= 4 is 11.8 Å². The molecule has 108 valence electrons. The number of carbonyl (C=O) groups excluding carboxylic acids is 2. The van der Waals surface area contributed by atoms with Crippen LogP contribution >= 0.6 is 0 Å². The highest BCUT2D eigenvalue weighted by Crippen LogP contribution is 2.04. The molecule has 1 atom stereocenters. The van der Waals surface area contributed by atoms with E-state index in [1.807, 2.05) is 0 Å². The lowest BCUT2D eigenvalue weighted by Gasteiger charge is -2.16. The third-order valence-electron chi connectivity index (χ3n) is 2.82. The van der Waals surface area contributed by atoms with E-state index in [1.54, 1.807) is 48.3 Å². The minimum absolute atomic E-state index is 0.215. The normalized spacial score (nSPS) is 11.5. The lowest BCUT2D eigenvalue weighted by Crippen LogP contribution is -2.47. The maximum Gasteiger partial charge on any atom is 0.266 e. The Balaban J connectivity index is 2.10. The van der Waals surface area contributed by atoms with Crippen molar-refractivity contribution in [2.75, 3.05) is 0 Å². The molecule has 2 rings (SSSR count). The van der Waals surface area contributed by atoms with E-state index in [1.165, 1.54) is 6.20 Å². The first-order valence-electron chi connectivity index (χ1n) is 6.24. The standard InChI is InChI=1S/C14H14N4O3/c19-13(11-4-2-6-16-9-11)17-12(14(20)18-21)7-10-3-1-5-15-8-10/h1-6,8-9,12,21H,7H2,(H,17,19)(H,18,20)/t12-/m1/s1. The van der Waals surface area contributed by atoms with Gasteiger partial charge in [-0.25, -0.2) is 5.48 Å². The Morgan fingerprint density at radius 2 is 1.86 bits per heavy atom. The molecule has 2 aromatic heterocycles. The Labute approximate surface area is 121 Å². The number of aromatic nitrogens is 2. The van der Waals surface area contributed by atoms with Gasteiger partial charge in [0.15, 0.2) is 0 Å². The van der Waals surface area contributed by atoms with Gasteiger partial charge in [-0.15, -0.1) is 0 Å². The van der Waals surface area contributed by atoms with Gasteiger partial charge in [0.25, 0.3) is 11.8 Å². The second kappa shape index (κ2) is 7.11. The molecule has 7 heteroatoms. The van der Waals surface area contributed by atoms with Crippen LogP contribution < -0.4 is 10.8 Å². The van der Waals surface area contributed by atoms with Crippen LogP contribution in [-0.4, -0.2) is 33.0 Å². The van der Waals surface area contributed by atoms with Gasteiger partial charge in [-0.2, -0.15) is 0 Å². The molecule has 0 fully saturated rings. The molecule has 3 N–H and O–H groups in total. The van der Waals surface area contributed by atoms with Crippen LogP contribution in [0.3, 0.4) is 0 Å². The predicted molar refractivity (Wildman–Crippen MR) is 73.4 cm³/mol. The van der Waals surface area contributed by atoms with Crippen LogP contribution in [-0.2, 0) is 11.2 Å². The molecule has 21 heavy (non-hydrogen) atoms. The number of rotatable bonds is 5. The van der Waals surface area contributed by atoms with Crippen molar-refractivity contribution in [1.82, 2.24) is 20.8 Å². The summed E-state index contributed by atoms with van der Waals surface area (Å²) in [7, 11) is 0. The molecule has 0 spiro atoms. The maximum atomic E-state index is 12.0. The number of pyridine rings is 2. The SMILES string of the molecule is O=C(N[C@H](Cc1cccnc1)C(=O)NO)c1cccnc1. The minimum Gasteiger partial charge on any atom is -0.340 e. The largest absolute Gasteiger partial charge is 0.340 e. The molecule has 0 unspecified atom stereocenters. The van der Waals surface area contributed by atoms with Crippen molar-refractivity contribution in [3.8, 4) is 0 Å². The van der Waals surface area contributed by atoms with Gasteiger partial charge in [0.2, 0.25) is 0 Å². The summed E-state index contributed by atoms with van der Waals surface area (Å²) in [5.41, 5.74) is 2.65. The van der Waals surface area contributed by atoms with Gasteiger partial charge in [-0.1, -0.05) is 6.07 Å². The number of amides is 2. The second-order valence-corrected chi connectivity index (χ2v) is 4.31. The molecule has 0 radical (unpaired) electrons. The molecule has 0 aliphatic rings. The fourth-order valence-corrected chi connectivity index (χ4v) is 1.78. The average Bonchev–Trinajstić information content (AvgIpc) is 2.55. The topological polar surface area (TPSA) is 104 Å². The van der Waals surface area contributed by atoms with Crippen LogP contribution in [0.2, 0.25) is 0 Å². The van der Waals surface area contributed by atoms with E-state index in [0.29, 0.717) is 5.56 Å². The fourth-order valence-electron chi connectivity index (χ4n) is 1.78. The molecule has 0 aromatic carbocycles. The number of carbonyl (C=O) groups is 2. The van der Waals surface area contributed by atoms with Crippen LogP contribution in [0, 0.1) is 0 Å². The Hall–Kier alpha value is -2.80. The number of hydrogen-bond donors (Lipinski definition) is 3. The highest BCUT2D eigenvalue weighted by molar-refractivity contribution is 5.97. The lowest BCUT2D eigenvalue weighted by molar-refractivity contribution is -0.131. The molecule has 0 saturated carbocycles. The zero-order chi connectivity index (χ0) is 15.1. The molecule has 2 heterocycles. The van der Waals surface area contributed by atoms with Crippen LogP contribution in [0.25, 0.3) is 0 Å². The number of nitrogens with one attached hydrogen (secondary N) is 2. The van der Waals surface area contributed by atoms with Crippen molar-refractivity contribution in [2.24, 2.45) is 0 Å². The Morgan fingerprint density at radius 1 is 1.14 bits per heavy atom. The van der Waals surface area contributed by atoms with Gasteiger partial charge in [0.05, 0.1) is 5.56 Å². The van der Waals surface area contributed by atoms with E-state index in [0.717, 1.165) is 5.56 Å².